The van der Waals surface area contributed by atoms with E-state index in [4.69, 9.17) is 5.73 Å². The SMILES string of the molecule is NCCC(=O)C1CCC(F)(F)CC1. The van der Waals surface area contributed by atoms with Gasteiger partial charge in [0.2, 0.25) is 5.92 Å². The number of Topliss-reactive ketones (excluding diaryl/α,β-unsaturated/α-hetero) is 1. The predicted molar refractivity (Wildman–Crippen MR) is 45.6 cm³/mol. The largest absolute Gasteiger partial charge is 0.330 e. The summed E-state index contributed by atoms with van der Waals surface area (Å²) in [6.45, 7) is 0.325. The summed E-state index contributed by atoms with van der Waals surface area (Å²) >= 11 is 0. The molecule has 1 saturated carbocycles. The lowest BCUT2D eigenvalue weighted by Gasteiger charge is -2.27. The third-order valence-corrected chi connectivity index (χ3v) is 2.56. The van der Waals surface area contributed by atoms with Crippen LogP contribution in [0, 0.1) is 5.92 Å². The molecule has 1 aliphatic rings. The van der Waals surface area contributed by atoms with E-state index in [9.17, 15) is 13.6 Å². The Balaban J connectivity index is 2.36. The number of carbonyl (C=O) groups is 1. The summed E-state index contributed by atoms with van der Waals surface area (Å²) in [6.07, 6.45) is 0.690. The molecule has 0 atom stereocenters. The number of hydrogen-bond donors (Lipinski definition) is 1. The molecule has 0 aromatic carbocycles. The number of hydrogen-bond acceptors (Lipinski definition) is 2. The van der Waals surface area contributed by atoms with E-state index in [1.54, 1.807) is 0 Å². The Morgan fingerprint density at radius 2 is 1.92 bits per heavy atom. The molecule has 0 heterocycles. The highest BCUT2D eigenvalue weighted by atomic mass is 19.3. The van der Waals surface area contributed by atoms with Gasteiger partial charge in [0, 0.05) is 25.2 Å². The van der Waals surface area contributed by atoms with Gasteiger partial charge < -0.3 is 5.73 Å². The van der Waals surface area contributed by atoms with Gasteiger partial charge in [-0.1, -0.05) is 0 Å². The zero-order chi connectivity index (χ0) is 9.90. The van der Waals surface area contributed by atoms with Crippen molar-refractivity contribution in [3.05, 3.63) is 0 Å². The summed E-state index contributed by atoms with van der Waals surface area (Å²) in [5.41, 5.74) is 5.22. The van der Waals surface area contributed by atoms with Gasteiger partial charge in [-0.3, -0.25) is 4.79 Å². The van der Waals surface area contributed by atoms with E-state index < -0.39 is 5.92 Å². The maximum atomic E-state index is 12.7. The van der Waals surface area contributed by atoms with E-state index in [0.717, 1.165) is 0 Å². The van der Waals surface area contributed by atoms with Crippen LogP contribution < -0.4 is 5.73 Å². The summed E-state index contributed by atoms with van der Waals surface area (Å²) in [7, 11) is 0. The molecule has 0 aliphatic heterocycles. The van der Waals surface area contributed by atoms with Crippen molar-refractivity contribution in [3.63, 3.8) is 0 Å². The number of ketones is 1. The minimum atomic E-state index is -2.54. The molecule has 13 heavy (non-hydrogen) atoms. The highest BCUT2D eigenvalue weighted by molar-refractivity contribution is 5.81. The van der Waals surface area contributed by atoms with E-state index in [2.05, 4.69) is 0 Å². The van der Waals surface area contributed by atoms with Gasteiger partial charge in [-0.05, 0) is 19.4 Å². The summed E-state index contributed by atoms with van der Waals surface area (Å²) in [5.74, 6) is -2.65. The maximum Gasteiger partial charge on any atom is 0.248 e. The number of carbonyl (C=O) groups excluding carboxylic acids is 1. The van der Waals surface area contributed by atoms with E-state index in [1.165, 1.54) is 0 Å². The van der Waals surface area contributed by atoms with Crippen molar-refractivity contribution in [1.82, 2.24) is 0 Å². The molecular formula is C9H15F2NO. The van der Waals surface area contributed by atoms with Crippen molar-refractivity contribution in [2.75, 3.05) is 6.54 Å². The fraction of sp³-hybridized carbons (Fsp3) is 0.889. The van der Waals surface area contributed by atoms with Crippen LogP contribution in [0.2, 0.25) is 0 Å². The Hall–Kier alpha value is -0.510. The van der Waals surface area contributed by atoms with E-state index in [-0.39, 0.29) is 24.5 Å². The first-order valence-corrected chi connectivity index (χ1v) is 4.66. The molecule has 0 unspecified atom stereocenters. The third kappa shape index (κ3) is 3.03. The number of rotatable bonds is 3. The molecule has 1 aliphatic carbocycles. The van der Waals surface area contributed by atoms with Crippen LogP contribution in [-0.4, -0.2) is 18.3 Å². The molecule has 4 heteroatoms. The van der Waals surface area contributed by atoms with Crippen molar-refractivity contribution in [2.45, 2.75) is 38.0 Å². The van der Waals surface area contributed by atoms with Gasteiger partial charge in [-0.15, -0.1) is 0 Å². The highest BCUT2D eigenvalue weighted by Crippen LogP contribution is 2.36. The van der Waals surface area contributed by atoms with Crippen molar-refractivity contribution in [1.29, 1.82) is 0 Å². The molecule has 2 N–H and O–H groups in total. The van der Waals surface area contributed by atoms with Crippen LogP contribution in [0.1, 0.15) is 32.1 Å². The summed E-state index contributed by atoms with van der Waals surface area (Å²) in [4.78, 5) is 11.3. The summed E-state index contributed by atoms with van der Waals surface area (Å²) in [5, 5.41) is 0. The molecule has 0 bridgehead atoms. The van der Waals surface area contributed by atoms with Crippen LogP contribution >= 0.6 is 0 Å². The molecule has 0 amide bonds. The Labute approximate surface area is 76.5 Å². The van der Waals surface area contributed by atoms with Crippen LogP contribution in [0.4, 0.5) is 8.78 Å². The van der Waals surface area contributed by atoms with Crippen molar-refractivity contribution < 1.29 is 13.6 Å². The summed E-state index contributed by atoms with van der Waals surface area (Å²) < 4.78 is 25.4. The monoisotopic (exact) mass is 191 g/mol. The van der Waals surface area contributed by atoms with E-state index in [1.807, 2.05) is 0 Å². The van der Waals surface area contributed by atoms with Crippen LogP contribution in [0.5, 0.6) is 0 Å². The predicted octanol–water partition coefficient (Wildman–Crippen LogP) is 1.73. The molecule has 0 aromatic heterocycles. The fourth-order valence-electron chi connectivity index (χ4n) is 1.71. The van der Waals surface area contributed by atoms with Gasteiger partial charge in [0.15, 0.2) is 0 Å². The molecule has 1 rings (SSSR count). The first-order chi connectivity index (χ1) is 6.05. The van der Waals surface area contributed by atoms with Crippen LogP contribution in [-0.2, 0) is 4.79 Å². The van der Waals surface area contributed by atoms with E-state index in [0.29, 0.717) is 25.8 Å². The second kappa shape index (κ2) is 4.13. The summed E-state index contributed by atoms with van der Waals surface area (Å²) in [6, 6.07) is 0. The molecule has 0 aromatic rings. The Morgan fingerprint density at radius 1 is 1.38 bits per heavy atom. The van der Waals surface area contributed by atoms with Crippen molar-refractivity contribution in [3.8, 4) is 0 Å². The van der Waals surface area contributed by atoms with Gasteiger partial charge in [0.1, 0.15) is 5.78 Å². The average Bonchev–Trinajstić information content (AvgIpc) is 2.04. The zero-order valence-corrected chi connectivity index (χ0v) is 7.56. The Kier molecular flexibility index (Phi) is 3.36. The maximum absolute atomic E-state index is 12.7. The zero-order valence-electron chi connectivity index (χ0n) is 7.56. The van der Waals surface area contributed by atoms with Gasteiger partial charge in [-0.2, -0.15) is 0 Å². The van der Waals surface area contributed by atoms with Gasteiger partial charge in [-0.25, -0.2) is 8.78 Å². The van der Waals surface area contributed by atoms with Crippen LogP contribution in [0.3, 0.4) is 0 Å². The second-order valence-corrected chi connectivity index (χ2v) is 3.64. The first kappa shape index (κ1) is 10.6. The minimum absolute atomic E-state index is 0.0537. The lowest BCUT2D eigenvalue weighted by atomic mass is 9.83. The minimum Gasteiger partial charge on any atom is -0.330 e. The van der Waals surface area contributed by atoms with Crippen LogP contribution in [0.25, 0.3) is 0 Å². The normalized spacial score (nSPS) is 23.0. The molecule has 0 radical (unpaired) electrons. The number of alkyl halides is 2. The molecule has 0 saturated heterocycles. The van der Waals surface area contributed by atoms with Crippen molar-refractivity contribution >= 4 is 5.78 Å². The van der Waals surface area contributed by atoms with Crippen molar-refractivity contribution in [2.24, 2.45) is 11.7 Å². The Bertz CT molecular complexity index is 184. The highest BCUT2D eigenvalue weighted by Gasteiger charge is 2.36. The average molecular weight is 191 g/mol. The molecule has 2 nitrogen and oxygen atoms in total. The third-order valence-electron chi connectivity index (χ3n) is 2.56. The number of nitrogens with two attached hydrogens (primary N) is 1. The fourth-order valence-corrected chi connectivity index (χ4v) is 1.71. The Morgan fingerprint density at radius 3 is 2.38 bits per heavy atom. The smallest absolute Gasteiger partial charge is 0.248 e. The lowest BCUT2D eigenvalue weighted by molar-refractivity contribution is -0.126. The van der Waals surface area contributed by atoms with Gasteiger partial charge in [0.25, 0.3) is 0 Å². The first-order valence-electron chi connectivity index (χ1n) is 4.66. The molecule has 0 spiro atoms. The topological polar surface area (TPSA) is 43.1 Å². The van der Waals surface area contributed by atoms with E-state index >= 15 is 0 Å². The molecular weight excluding hydrogens is 176 g/mol. The number of halogens is 2. The molecule has 76 valence electrons. The standard InChI is InChI=1S/C9H15F2NO/c10-9(11)4-1-7(2-5-9)8(13)3-6-12/h7H,1-6,12H2. The second-order valence-electron chi connectivity index (χ2n) is 3.64. The van der Waals surface area contributed by atoms with Gasteiger partial charge in [0.05, 0.1) is 0 Å². The quantitative estimate of drug-likeness (QED) is 0.738. The van der Waals surface area contributed by atoms with Crippen LogP contribution in [0.15, 0.2) is 0 Å². The van der Waals surface area contributed by atoms with Gasteiger partial charge >= 0.3 is 0 Å². The molecule has 1 fully saturated rings. The lowest BCUT2D eigenvalue weighted by Crippen LogP contribution is -2.29.